The number of carboxylic acids is 1. The van der Waals surface area contributed by atoms with Gasteiger partial charge in [0.25, 0.3) is 5.91 Å². The Morgan fingerprint density at radius 1 is 1.32 bits per heavy atom. The number of hydrogen-bond donors (Lipinski definition) is 2. The molecule has 6 heteroatoms. The van der Waals surface area contributed by atoms with E-state index in [1.165, 1.54) is 12.1 Å². The van der Waals surface area contributed by atoms with Gasteiger partial charge >= 0.3 is 5.97 Å². The zero-order valence-corrected chi connectivity index (χ0v) is 11.8. The van der Waals surface area contributed by atoms with E-state index in [1.54, 1.807) is 6.07 Å². The second kappa shape index (κ2) is 6.16. The number of nitrogens with one attached hydrogen (secondary N) is 1. The summed E-state index contributed by atoms with van der Waals surface area (Å²) in [6.07, 6.45) is 2.56. The molecule has 0 aromatic heterocycles. The van der Waals surface area contributed by atoms with Crippen molar-refractivity contribution < 1.29 is 19.4 Å². The highest BCUT2D eigenvalue weighted by molar-refractivity contribution is 9.10. The van der Waals surface area contributed by atoms with Gasteiger partial charge in [-0.3, -0.25) is 4.79 Å². The lowest BCUT2D eigenvalue weighted by Gasteiger charge is -2.07. The Morgan fingerprint density at radius 2 is 2.00 bits per heavy atom. The molecule has 19 heavy (non-hydrogen) atoms. The van der Waals surface area contributed by atoms with Gasteiger partial charge in [-0.05, 0) is 31.0 Å². The second-order valence-corrected chi connectivity index (χ2v) is 5.28. The van der Waals surface area contributed by atoms with Crippen LogP contribution in [-0.2, 0) is 4.74 Å². The van der Waals surface area contributed by atoms with Gasteiger partial charge in [0.2, 0.25) is 0 Å². The summed E-state index contributed by atoms with van der Waals surface area (Å²) in [7, 11) is 0. The van der Waals surface area contributed by atoms with Crippen LogP contribution < -0.4 is 5.32 Å². The normalized spacial score (nSPS) is 14.2. The maximum atomic E-state index is 11.9. The van der Waals surface area contributed by atoms with Gasteiger partial charge in [0, 0.05) is 16.6 Å². The lowest BCUT2D eigenvalue weighted by molar-refractivity contribution is 0.0696. The number of carbonyl (C=O) groups is 2. The van der Waals surface area contributed by atoms with Crippen LogP contribution in [0.25, 0.3) is 0 Å². The van der Waals surface area contributed by atoms with Crippen molar-refractivity contribution in [3.63, 3.8) is 0 Å². The van der Waals surface area contributed by atoms with E-state index in [4.69, 9.17) is 9.84 Å². The van der Waals surface area contributed by atoms with Crippen molar-refractivity contribution in [2.75, 3.05) is 13.2 Å². The van der Waals surface area contributed by atoms with E-state index < -0.39 is 5.97 Å². The molecule has 1 aliphatic rings. The van der Waals surface area contributed by atoms with Crippen molar-refractivity contribution in [1.29, 1.82) is 0 Å². The monoisotopic (exact) mass is 327 g/mol. The van der Waals surface area contributed by atoms with Crippen molar-refractivity contribution in [2.24, 2.45) is 0 Å². The minimum absolute atomic E-state index is 0.0776. The van der Waals surface area contributed by atoms with E-state index in [0.717, 1.165) is 12.8 Å². The Hall–Kier alpha value is -1.40. The smallest absolute Gasteiger partial charge is 0.335 e. The highest BCUT2D eigenvalue weighted by Crippen LogP contribution is 2.22. The van der Waals surface area contributed by atoms with E-state index in [-0.39, 0.29) is 11.5 Å². The van der Waals surface area contributed by atoms with Gasteiger partial charge in [-0.2, -0.15) is 0 Å². The first kappa shape index (κ1) is 14.0. The molecule has 1 fully saturated rings. The van der Waals surface area contributed by atoms with E-state index in [2.05, 4.69) is 21.2 Å². The molecule has 0 unspecified atom stereocenters. The van der Waals surface area contributed by atoms with Crippen molar-refractivity contribution in [1.82, 2.24) is 5.32 Å². The van der Waals surface area contributed by atoms with Crippen molar-refractivity contribution in [3.8, 4) is 0 Å². The number of amides is 1. The number of aromatic carboxylic acids is 1. The fourth-order valence-electron chi connectivity index (χ4n) is 1.57. The molecule has 2 N–H and O–H groups in total. The average molecular weight is 328 g/mol. The molecule has 102 valence electrons. The van der Waals surface area contributed by atoms with Crippen LogP contribution in [0.2, 0.25) is 0 Å². The summed E-state index contributed by atoms with van der Waals surface area (Å²) < 4.78 is 5.97. The first-order valence-electron chi connectivity index (χ1n) is 6.00. The first-order valence-corrected chi connectivity index (χ1v) is 6.79. The first-order chi connectivity index (χ1) is 9.06. The number of halogens is 1. The fraction of sp³-hybridized carbons (Fsp3) is 0.385. The zero-order chi connectivity index (χ0) is 13.8. The molecule has 0 atom stereocenters. The standard InChI is InChI=1S/C13H14BrNO4/c14-10-6-8(5-9(7-10)13(17)18)12(16)15-3-4-19-11-1-2-11/h5-7,11H,1-4H2,(H,15,16)(H,17,18). The van der Waals surface area contributed by atoms with Crippen molar-refractivity contribution in [2.45, 2.75) is 18.9 Å². The molecular formula is C13H14BrNO4. The highest BCUT2D eigenvalue weighted by atomic mass is 79.9. The third-order valence-corrected chi connectivity index (χ3v) is 3.13. The van der Waals surface area contributed by atoms with Crippen LogP contribution in [0.3, 0.4) is 0 Å². The van der Waals surface area contributed by atoms with Gasteiger partial charge in [-0.25, -0.2) is 4.79 Å². The van der Waals surface area contributed by atoms with Gasteiger partial charge in [-0.1, -0.05) is 15.9 Å². The average Bonchev–Trinajstić information content (AvgIpc) is 3.17. The summed E-state index contributed by atoms with van der Waals surface area (Å²) in [6, 6.07) is 4.39. The summed E-state index contributed by atoms with van der Waals surface area (Å²) in [4.78, 5) is 22.7. The Morgan fingerprint density at radius 3 is 2.63 bits per heavy atom. The van der Waals surface area contributed by atoms with E-state index in [0.29, 0.717) is 29.3 Å². The predicted molar refractivity (Wildman–Crippen MR) is 72.4 cm³/mol. The van der Waals surface area contributed by atoms with Crippen LogP contribution in [0.1, 0.15) is 33.6 Å². The van der Waals surface area contributed by atoms with Gasteiger partial charge in [0.05, 0.1) is 18.3 Å². The van der Waals surface area contributed by atoms with Crippen LogP contribution in [0.5, 0.6) is 0 Å². The van der Waals surface area contributed by atoms with E-state index in [1.807, 2.05) is 0 Å². The topological polar surface area (TPSA) is 75.6 Å². The highest BCUT2D eigenvalue weighted by Gasteiger charge is 2.21. The van der Waals surface area contributed by atoms with Crippen LogP contribution in [0.15, 0.2) is 22.7 Å². The molecule has 0 spiro atoms. The third kappa shape index (κ3) is 4.33. The predicted octanol–water partition coefficient (Wildman–Crippen LogP) is 2.06. The molecule has 0 bridgehead atoms. The maximum Gasteiger partial charge on any atom is 0.335 e. The second-order valence-electron chi connectivity index (χ2n) is 4.36. The van der Waals surface area contributed by atoms with Crippen LogP contribution in [-0.4, -0.2) is 36.2 Å². The van der Waals surface area contributed by atoms with Crippen LogP contribution in [0, 0.1) is 0 Å². The van der Waals surface area contributed by atoms with Gasteiger partial charge in [0.1, 0.15) is 0 Å². The molecule has 5 nitrogen and oxygen atoms in total. The summed E-state index contributed by atoms with van der Waals surface area (Å²) in [5.41, 5.74) is 0.395. The Labute approximate surface area is 119 Å². The van der Waals surface area contributed by atoms with Gasteiger partial charge in [-0.15, -0.1) is 0 Å². The largest absolute Gasteiger partial charge is 0.478 e. The molecule has 0 radical (unpaired) electrons. The number of hydrogen-bond acceptors (Lipinski definition) is 3. The zero-order valence-electron chi connectivity index (χ0n) is 10.2. The summed E-state index contributed by atoms with van der Waals surface area (Å²) in [5.74, 6) is -1.37. The van der Waals surface area contributed by atoms with Crippen LogP contribution in [0.4, 0.5) is 0 Å². The summed E-state index contributed by atoms with van der Waals surface area (Å²) in [6.45, 7) is 0.903. The minimum atomic E-state index is -1.06. The Bertz CT molecular complexity index is 499. The number of rotatable bonds is 6. The van der Waals surface area contributed by atoms with Gasteiger partial charge in [0.15, 0.2) is 0 Å². The van der Waals surface area contributed by atoms with Crippen molar-refractivity contribution in [3.05, 3.63) is 33.8 Å². The SMILES string of the molecule is O=C(O)c1cc(Br)cc(C(=O)NCCOC2CC2)c1. The molecule has 0 aliphatic heterocycles. The molecule has 1 aliphatic carbocycles. The molecule has 0 saturated heterocycles. The molecule has 1 saturated carbocycles. The Balaban J connectivity index is 1.91. The Kier molecular flexibility index (Phi) is 4.55. The molecular weight excluding hydrogens is 314 g/mol. The van der Waals surface area contributed by atoms with Gasteiger partial charge < -0.3 is 15.2 Å². The maximum absolute atomic E-state index is 11.9. The number of carboxylic acid groups (broad SMARTS) is 1. The fourth-order valence-corrected chi connectivity index (χ4v) is 2.06. The lowest BCUT2D eigenvalue weighted by atomic mass is 10.1. The van der Waals surface area contributed by atoms with E-state index in [9.17, 15) is 9.59 Å². The lowest BCUT2D eigenvalue weighted by Crippen LogP contribution is -2.27. The van der Waals surface area contributed by atoms with Crippen molar-refractivity contribution >= 4 is 27.8 Å². The number of ether oxygens (including phenoxy) is 1. The summed E-state index contributed by atoms with van der Waals surface area (Å²) >= 11 is 3.19. The number of benzene rings is 1. The molecule has 2 rings (SSSR count). The molecule has 1 aromatic rings. The molecule has 0 heterocycles. The third-order valence-electron chi connectivity index (χ3n) is 2.67. The number of carbonyl (C=O) groups excluding carboxylic acids is 1. The minimum Gasteiger partial charge on any atom is -0.478 e. The molecule has 1 aromatic carbocycles. The quantitative estimate of drug-likeness (QED) is 0.784. The molecule has 1 amide bonds. The summed E-state index contributed by atoms with van der Waals surface area (Å²) in [5, 5.41) is 11.6. The van der Waals surface area contributed by atoms with Crippen LogP contribution >= 0.6 is 15.9 Å². The van der Waals surface area contributed by atoms with E-state index >= 15 is 0 Å².